The highest BCUT2D eigenvalue weighted by Crippen LogP contribution is 2.12. The number of carbonyl (C=O) groups is 1. The molecule has 6 nitrogen and oxygen atoms in total. The van der Waals surface area contributed by atoms with E-state index >= 15 is 0 Å². The second kappa shape index (κ2) is 4.99. The van der Waals surface area contributed by atoms with E-state index in [1.807, 2.05) is 0 Å². The number of rotatable bonds is 2. The van der Waals surface area contributed by atoms with Gasteiger partial charge >= 0.3 is 6.09 Å². The second-order valence-corrected chi connectivity index (χ2v) is 4.58. The third-order valence-corrected chi connectivity index (χ3v) is 1.77. The maximum atomic E-state index is 13.4. The Labute approximate surface area is 104 Å². The Bertz CT molecular complexity index is 482. The van der Waals surface area contributed by atoms with Gasteiger partial charge in [-0.3, -0.25) is 10.7 Å². The van der Waals surface area contributed by atoms with Crippen molar-refractivity contribution in [2.75, 3.05) is 5.32 Å². The van der Waals surface area contributed by atoms with Crippen molar-refractivity contribution in [3.05, 3.63) is 23.6 Å². The molecule has 0 unspecified atom stereocenters. The van der Waals surface area contributed by atoms with Crippen molar-refractivity contribution in [1.29, 1.82) is 5.41 Å². The van der Waals surface area contributed by atoms with Crippen LogP contribution in [0, 0.1) is 11.4 Å². The van der Waals surface area contributed by atoms with Crippen LogP contribution in [0.1, 0.15) is 26.3 Å². The molecule has 0 atom stereocenters. The number of aromatic nitrogens is 1. The van der Waals surface area contributed by atoms with Crippen LogP contribution in [0.3, 0.4) is 0 Å². The molecule has 0 aromatic carbocycles. The van der Waals surface area contributed by atoms with Gasteiger partial charge in [-0.25, -0.2) is 9.78 Å². The SMILES string of the molecule is CC(C)(C)OC(=O)Nc1ccc(C(=N)N)c(F)n1. The molecule has 0 saturated heterocycles. The monoisotopic (exact) mass is 254 g/mol. The minimum atomic E-state index is -0.920. The average Bonchev–Trinajstić information content (AvgIpc) is 2.13. The number of pyridine rings is 1. The summed E-state index contributed by atoms with van der Waals surface area (Å²) >= 11 is 0. The largest absolute Gasteiger partial charge is 0.444 e. The normalized spacial score (nSPS) is 10.9. The van der Waals surface area contributed by atoms with Gasteiger partial charge in [0.1, 0.15) is 17.3 Å². The summed E-state index contributed by atoms with van der Waals surface area (Å²) in [6.07, 6.45) is -0.732. The molecule has 1 heterocycles. The number of anilines is 1. The zero-order chi connectivity index (χ0) is 13.9. The molecule has 0 saturated carbocycles. The van der Waals surface area contributed by atoms with Crippen molar-refractivity contribution < 1.29 is 13.9 Å². The van der Waals surface area contributed by atoms with Crippen LogP contribution in [-0.4, -0.2) is 22.5 Å². The maximum absolute atomic E-state index is 13.4. The lowest BCUT2D eigenvalue weighted by atomic mass is 10.2. The Hall–Kier alpha value is -2.18. The van der Waals surface area contributed by atoms with Crippen LogP contribution >= 0.6 is 0 Å². The first-order valence-corrected chi connectivity index (χ1v) is 5.20. The fraction of sp³-hybridized carbons (Fsp3) is 0.364. The third-order valence-electron chi connectivity index (χ3n) is 1.77. The molecule has 4 N–H and O–H groups in total. The summed E-state index contributed by atoms with van der Waals surface area (Å²) in [4.78, 5) is 14.9. The molecule has 0 fully saturated rings. The minimum Gasteiger partial charge on any atom is -0.444 e. The Morgan fingerprint density at radius 2 is 2.11 bits per heavy atom. The highest BCUT2D eigenvalue weighted by molar-refractivity contribution is 5.95. The summed E-state index contributed by atoms with van der Waals surface area (Å²) in [7, 11) is 0. The van der Waals surface area contributed by atoms with E-state index in [1.54, 1.807) is 20.8 Å². The van der Waals surface area contributed by atoms with Crippen molar-refractivity contribution in [3.63, 3.8) is 0 Å². The zero-order valence-electron chi connectivity index (χ0n) is 10.4. The molecule has 7 heteroatoms. The summed E-state index contributed by atoms with van der Waals surface area (Å²) in [6, 6.07) is 2.60. The molecule has 0 bridgehead atoms. The van der Waals surface area contributed by atoms with Crippen LogP contribution in [0.25, 0.3) is 0 Å². The van der Waals surface area contributed by atoms with Gasteiger partial charge in [-0.15, -0.1) is 0 Å². The lowest BCUT2D eigenvalue weighted by molar-refractivity contribution is 0.0635. The number of ether oxygens (including phenoxy) is 1. The topological polar surface area (TPSA) is 101 Å². The van der Waals surface area contributed by atoms with E-state index in [4.69, 9.17) is 15.9 Å². The molecule has 1 amide bonds. The molecular weight excluding hydrogens is 239 g/mol. The Morgan fingerprint density at radius 1 is 1.50 bits per heavy atom. The quantitative estimate of drug-likeness (QED) is 0.426. The number of nitrogens with one attached hydrogen (secondary N) is 2. The molecule has 1 rings (SSSR count). The predicted octanol–water partition coefficient (Wildman–Crippen LogP) is 1.85. The fourth-order valence-electron chi connectivity index (χ4n) is 1.11. The lowest BCUT2D eigenvalue weighted by Crippen LogP contribution is -2.27. The first kappa shape index (κ1) is 13.9. The fourth-order valence-corrected chi connectivity index (χ4v) is 1.11. The summed E-state index contributed by atoms with van der Waals surface area (Å²) in [5.74, 6) is -1.35. The van der Waals surface area contributed by atoms with E-state index in [9.17, 15) is 9.18 Å². The molecule has 0 aliphatic carbocycles. The average molecular weight is 254 g/mol. The molecule has 0 aliphatic heterocycles. The number of nitrogens with zero attached hydrogens (tertiary/aromatic N) is 1. The molecule has 0 radical (unpaired) electrons. The minimum absolute atomic E-state index is 0.00764. The molecule has 1 aromatic rings. The van der Waals surface area contributed by atoms with Gasteiger partial charge in [-0.05, 0) is 32.9 Å². The highest BCUT2D eigenvalue weighted by Gasteiger charge is 2.17. The van der Waals surface area contributed by atoms with Crippen LogP contribution in [0.2, 0.25) is 0 Å². The van der Waals surface area contributed by atoms with Gasteiger partial charge in [0.15, 0.2) is 0 Å². The molecule has 98 valence electrons. The first-order chi connectivity index (χ1) is 8.19. The summed E-state index contributed by atoms with van der Waals surface area (Å²) in [5, 5.41) is 9.37. The van der Waals surface area contributed by atoms with Crippen LogP contribution < -0.4 is 11.1 Å². The molecule has 0 aliphatic rings. The first-order valence-electron chi connectivity index (χ1n) is 5.20. The number of nitrogens with two attached hydrogens (primary N) is 1. The standard InChI is InChI=1S/C11H15FN4O2/c1-11(2,3)18-10(17)16-7-5-4-6(9(13)14)8(12)15-7/h4-5H,1-3H3,(H3,13,14)(H,15,16,17). The molecular formula is C11H15FN4O2. The smallest absolute Gasteiger partial charge is 0.413 e. The number of amides is 1. The Balaban J connectivity index is 2.78. The van der Waals surface area contributed by atoms with Gasteiger partial charge in [-0.1, -0.05) is 0 Å². The van der Waals surface area contributed by atoms with Gasteiger partial charge in [0.2, 0.25) is 5.95 Å². The third kappa shape index (κ3) is 4.00. The van der Waals surface area contributed by atoms with E-state index in [0.29, 0.717) is 0 Å². The van der Waals surface area contributed by atoms with Gasteiger partial charge < -0.3 is 10.5 Å². The van der Waals surface area contributed by atoms with Crippen molar-refractivity contribution in [1.82, 2.24) is 4.98 Å². The van der Waals surface area contributed by atoms with Crippen LogP contribution in [0.15, 0.2) is 12.1 Å². The van der Waals surface area contributed by atoms with Crippen LogP contribution in [0.5, 0.6) is 0 Å². The highest BCUT2D eigenvalue weighted by atomic mass is 19.1. The van der Waals surface area contributed by atoms with Gasteiger partial charge in [0.25, 0.3) is 0 Å². The van der Waals surface area contributed by atoms with E-state index in [1.165, 1.54) is 12.1 Å². The number of halogens is 1. The summed E-state index contributed by atoms with van der Waals surface area (Å²) < 4.78 is 18.3. The van der Waals surface area contributed by atoms with Gasteiger partial charge in [-0.2, -0.15) is 4.39 Å². The number of hydrogen-bond acceptors (Lipinski definition) is 4. The number of carbonyl (C=O) groups excluding carboxylic acids is 1. The zero-order valence-corrected chi connectivity index (χ0v) is 10.4. The number of nitrogen functional groups attached to an aromatic ring is 1. The molecule has 0 spiro atoms. The lowest BCUT2D eigenvalue weighted by Gasteiger charge is -2.19. The van der Waals surface area contributed by atoms with Crippen LogP contribution in [-0.2, 0) is 4.74 Å². The van der Waals surface area contributed by atoms with E-state index in [2.05, 4.69) is 10.3 Å². The second-order valence-electron chi connectivity index (χ2n) is 4.58. The predicted molar refractivity (Wildman–Crippen MR) is 65.1 cm³/mol. The van der Waals surface area contributed by atoms with Crippen LogP contribution in [0.4, 0.5) is 15.0 Å². The summed E-state index contributed by atoms with van der Waals surface area (Å²) in [6.45, 7) is 5.12. The summed E-state index contributed by atoms with van der Waals surface area (Å²) in [5.41, 5.74) is 4.37. The number of hydrogen-bond donors (Lipinski definition) is 3. The maximum Gasteiger partial charge on any atom is 0.413 e. The van der Waals surface area contributed by atoms with E-state index in [-0.39, 0.29) is 11.4 Å². The van der Waals surface area contributed by atoms with Gasteiger partial charge in [0.05, 0.1) is 5.56 Å². The number of amidine groups is 1. The van der Waals surface area contributed by atoms with Crippen molar-refractivity contribution in [2.45, 2.75) is 26.4 Å². The van der Waals surface area contributed by atoms with Crippen molar-refractivity contribution >= 4 is 17.7 Å². The van der Waals surface area contributed by atoms with E-state index in [0.717, 1.165) is 0 Å². The molecule has 1 aromatic heterocycles. The van der Waals surface area contributed by atoms with Crippen molar-refractivity contribution in [3.8, 4) is 0 Å². The Kier molecular flexibility index (Phi) is 3.85. The van der Waals surface area contributed by atoms with E-state index < -0.39 is 23.5 Å². The van der Waals surface area contributed by atoms with Gasteiger partial charge in [0, 0.05) is 0 Å². The Morgan fingerprint density at radius 3 is 2.56 bits per heavy atom. The molecule has 18 heavy (non-hydrogen) atoms. The van der Waals surface area contributed by atoms with Crippen molar-refractivity contribution in [2.24, 2.45) is 5.73 Å².